The van der Waals surface area contributed by atoms with Crippen LogP contribution in [0.1, 0.15) is 31.2 Å². The lowest BCUT2D eigenvalue weighted by molar-refractivity contribution is 0.107. The van der Waals surface area contributed by atoms with Gasteiger partial charge in [-0.3, -0.25) is 9.88 Å². The van der Waals surface area contributed by atoms with Crippen LogP contribution in [0.3, 0.4) is 0 Å². The van der Waals surface area contributed by atoms with E-state index in [1.807, 2.05) is 0 Å². The monoisotopic (exact) mass is 579 g/mol. The van der Waals surface area contributed by atoms with Crippen LogP contribution >= 0.6 is 0 Å². The van der Waals surface area contributed by atoms with Crippen molar-refractivity contribution < 1.29 is 27.4 Å². The van der Waals surface area contributed by atoms with Crippen molar-refractivity contribution in [3.63, 3.8) is 0 Å². The highest BCUT2D eigenvalue weighted by Crippen LogP contribution is 2.42. The summed E-state index contributed by atoms with van der Waals surface area (Å²) in [5.74, 6) is -1.29. The van der Waals surface area contributed by atoms with Gasteiger partial charge < -0.3 is 14.7 Å². The molecule has 2 aromatic carbocycles. The molecule has 3 aliphatic rings. The Morgan fingerprint density at radius 1 is 1.24 bits per heavy atom. The Labute approximate surface area is 239 Å². The first kappa shape index (κ1) is 26.9. The van der Waals surface area contributed by atoms with Crippen LogP contribution < -0.4 is 9.64 Å². The van der Waals surface area contributed by atoms with E-state index in [0.29, 0.717) is 30.2 Å². The molecule has 2 saturated heterocycles. The Morgan fingerprint density at radius 3 is 2.81 bits per heavy atom. The lowest BCUT2D eigenvalue weighted by Crippen LogP contribution is -2.43. The number of pyridine rings is 1. The first-order chi connectivity index (χ1) is 20.2. The van der Waals surface area contributed by atoms with Crippen LogP contribution in [0.25, 0.3) is 39.0 Å². The molecule has 4 atom stereocenters. The predicted molar refractivity (Wildman–Crippen MR) is 152 cm³/mol. The predicted octanol–water partition coefficient (Wildman–Crippen LogP) is 5.97. The van der Waals surface area contributed by atoms with E-state index >= 15 is 4.39 Å². The highest BCUT2D eigenvalue weighted by atomic mass is 19.1. The van der Waals surface area contributed by atoms with Gasteiger partial charge in [-0.05, 0) is 43.0 Å². The topological polar surface area (TPSA) is 74.6 Å². The van der Waals surface area contributed by atoms with E-state index in [9.17, 15) is 18.3 Å². The van der Waals surface area contributed by atoms with Crippen molar-refractivity contribution in [2.75, 3.05) is 31.6 Å². The fraction of sp³-hybridized carbons (Fsp3) is 0.387. The number of fused-ring (bicyclic) bond motifs is 3. The van der Waals surface area contributed by atoms with E-state index in [1.54, 1.807) is 11.9 Å². The van der Waals surface area contributed by atoms with Gasteiger partial charge in [0.15, 0.2) is 5.82 Å². The van der Waals surface area contributed by atoms with Gasteiger partial charge in [0.25, 0.3) is 0 Å². The van der Waals surface area contributed by atoms with Crippen molar-refractivity contribution in [1.29, 1.82) is 0 Å². The van der Waals surface area contributed by atoms with E-state index in [4.69, 9.17) is 4.74 Å². The van der Waals surface area contributed by atoms with Gasteiger partial charge in [-0.2, -0.15) is 9.97 Å². The number of phenolic OH excluding ortho intramolecular Hbond substituents is 1. The molecule has 1 aliphatic carbocycles. The van der Waals surface area contributed by atoms with Crippen LogP contribution in [0.4, 0.5) is 23.4 Å². The molecule has 0 radical (unpaired) electrons. The summed E-state index contributed by atoms with van der Waals surface area (Å²) in [4.78, 5) is 17.1. The zero-order valence-corrected chi connectivity index (χ0v) is 23.0. The van der Waals surface area contributed by atoms with Crippen LogP contribution in [0.15, 0.2) is 37.0 Å². The van der Waals surface area contributed by atoms with Crippen molar-refractivity contribution in [2.45, 2.75) is 49.6 Å². The van der Waals surface area contributed by atoms with Crippen molar-refractivity contribution in [2.24, 2.45) is 0 Å². The molecular formula is C31H29F4N5O2. The molecule has 0 amide bonds. The molecule has 218 valence electrons. The van der Waals surface area contributed by atoms with E-state index in [-0.39, 0.29) is 51.9 Å². The number of anilines is 1. The van der Waals surface area contributed by atoms with Gasteiger partial charge in [-0.15, -0.1) is 0 Å². The number of aromatic nitrogens is 3. The molecule has 4 heterocycles. The smallest absolute Gasteiger partial charge is 0.319 e. The minimum absolute atomic E-state index is 0.112. The average Bonchev–Trinajstić information content (AvgIpc) is 3.45. The lowest BCUT2D eigenvalue weighted by atomic mass is 9.95. The van der Waals surface area contributed by atoms with Gasteiger partial charge in [-0.25, -0.2) is 17.6 Å². The zero-order chi connectivity index (χ0) is 29.3. The Bertz CT molecular complexity index is 1750. The van der Waals surface area contributed by atoms with Crippen LogP contribution in [0, 0.1) is 11.6 Å². The summed E-state index contributed by atoms with van der Waals surface area (Å²) in [7, 11) is 1.67. The number of benzene rings is 2. The number of rotatable bonds is 7. The van der Waals surface area contributed by atoms with Gasteiger partial charge in [0.2, 0.25) is 0 Å². The van der Waals surface area contributed by atoms with Crippen molar-refractivity contribution in [3.8, 4) is 23.0 Å². The quantitative estimate of drug-likeness (QED) is 0.270. The summed E-state index contributed by atoms with van der Waals surface area (Å²) in [5, 5.41) is 11.5. The number of hydrogen-bond acceptors (Lipinski definition) is 7. The van der Waals surface area contributed by atoms with Crippen LogP contribution in [-0.2, 0) is 0 Å². The summed E-state index contributed by atoms with van der Waals surface area (Å²) in [5.41, 5.74) is -0.464. The number of phenols is 1. The zero-order valence-electron chi connectivity index (χ0n) is 23.0. The Balaban J connectivity index is 1.38. The van der Waals surface area contributed by atoms with Crippen molar-refractivity contribution >= 4 is 33.6 Å². The Hall–Kier alpha value is -3.99. The fourth-order valence-corrected chi connectivity index (χ4v) is 6.74. The SMILES string of the molecule is C=Cc1c(F)ccc2cc(O)cc(-c3ncc4c(N(C)[C@H]5C[C@@H]5F)nc(OC[C@@]56CCCN5C[C@H](F)C6)nc4c3F)c12. The minimum atomic E-state index is -1.04. The van der Waals surface area contributed by atoms with Crippen molar-refractivity contribution in [3.05, 3.63) is 54.2 Å². The molecule has 2 aromatic heterocycles. The normalized spacial score (nSPS) is 25.2. The van der Waals surface area contributed by atoms with Gasteiger partial charge in [0, 0.05) is 49.1 Å². The largest absolute Gasteiger partial charge is 0.508 e. The first-order valence-electron chi connectivity index (χ1n) is 14.0. The molecule has 3 fully saturated rings. The van der Waals surface area contributed by atoms with Crippen LogP contribution in [0.5, 0.6) is 11.8 Å². The maximum atomic E-state index is 16.5. The minimum Gasteiger partial charge on any atom is -0.508 e. The third-order valence-electron chi connectivity index (χ3n) is 8.94. The molecule has 7 nitrogen and oxygen atoms in total. The molecule has 42 heavy (non-hydrogen) atoms. The summed E-state index contributed by atoms with van der Waals surface area (Å²) in [6, 6.07) is 4.96. The number of hydrogen-bond donors (Lipinski definition) is 1. The average molecular weight is 580 g/mol. The highest BCUT2D eigenvalue weighted by Gasteiger charge is 2.49. The lowest BCUT2D eigenvalue weighted by Gasteiger charge is -2.31. The molecule has 4 aromatic rings. The number of nitrogens with zero attached hydrogens (tertiary/aromatic N) is 5. The molecule has 1 saturated carbocycles. The Kier molecular flexibility index (Phi) is 6.27. The maximum Gasteiger partial charge on any atom is 0.319 e. The van der Waals surface area contributed by atoms with E-state index in [2.05, 4.69) is 26.4 Å². The highest BCUT2D eigenvalue weighted by molar-refractivity contribution is 6.04. The fourth-order valence-electron chi connectivity index (χ4n) is 6.74. The molecule has 0 unspecified atom stereocenters. The van der Waals surface area contributed by atoms with Gasteiger partial charge in [0.1, 0.15) is 47.5 Å². The first-order valence-corrected chi connectivity index (χ1v) is 14.0. The third-order valence-corrected chi connectivity index (χ3v) is 8.94. The molecule has 11 heteroatoms. The molecular weight excluding hydrogens is 550 g/mol. The molecule has 1 N–H and O–H groups in total. The molecule has 0 spiro atoms. The standard InChI is InChI=1S/C31H29F4N5O2/c1-3-19-22(33)6-5-16-9-18(41)10-20(25(16)19)27-26(35)28-21(13-36-27)29(39(2)24-11-23(24)34)38-30(37-28)42-15-31-7-4-8-40(31)14-17(32)12-31/h3,5-6,9-10,13,17,23-24,41H,1,4,7-8,11-12,14-15H2,2H3/t17-,23+,24+,31+/m1/s1. The molecule has 2 aliphatic heterocycles. The van der Waals surface area contributed by atoms with Gasteiger partial charge >= 0.3 is 6.01 Å². The summed E-state index contributed by atoms with van der Waals surface area (Å²) in [6.07, 6.45) is 3.09. The van der Waals surface area contributed by atoms with E-state index in [1.165, 1.54) is 36.5 Å². The van der Waals surface area contributed by atoms with Gasteiger partial charge in [0.05, 0.1) is 17.0 Å². The van der Waals surface area contributed by atoms with E-state index < -0.39 is 35.6 Å². The molecule has 0 bridgehead atoms. The molecule has 7 rings (SSSR count). The second kappa shape index (κ2) is 9.79. The van der Waals surface area contributed by atoms with Gasteiger partial charge in [-0.1, -0.05) is 18.7 Å². The Morgan fingerprint density at radius 2 is 2.05 bits per heavy atom. The van der Waals surface area contributed by atoms with Crippen LogP contribution in [0.2, 0.25) is 0 Å². The third kappa shape index (κ3) is 4.24. The second-order valence-corrected chi connectivity index (χ2v) is 11.6. The number of ether oxygens (including phenoxy) is 1. The van der Waals surface area contributed by atoms with Crippen LogP contribution in [-0.4, -0.2) is 75.6 Å². The second-order valence-electron chi connectivity index (χ2n) is 11.6. The maximum absolute atomic E-state index is 16.5. The number of aromatic hydroxyl groups is 1. The number of halogens is 4. The number of alkyl halides is 2. The van der Waals surface area contributed by atoms with Crippen molar-refractivity contribution in [1.82, 2.24) is 19.9 Å². The summed E-state index contributed by atoms with van der Waals surface area (Å²) >= 11 is 0. The van der Waals surface area contributed by atoms with E-state index in [0.717, 1.165) is 19.4 Å². The summed E-state index contributed by atoms with van der Waals surface area (Å²) in [6.45, 7) is 4.97. The summed E-state index contributed by atoms with van der Waals surface area (Å²) < 4.78 is 65.8.